The number of carbonyl (C=O) groups is 1. The third-order valence-electron chi connectivity index (χ3n) is 4.11. The fourth-order valence-electron chi connectivity index (χ4n) is 2.88. The van der Waals surface area contributed by atoms with Crippen LogP contribution in [0.4, 0.5) is 5.69 Å². The van der Waals surface area contributed by atoms with E-state index in [0.29, 0.717) is 17.8 Å². The molecule has 1 fully saturated rings. The van der Waals surface area contributed by atoms with E-state index in [1.807, 2.05) is 13.1 Å². The summed E-state index contributed by atoms with van der Waals surface area (Å²) >= 11 is 0. The molecule has 1 aliphatic carbocycles. The van der Waals surface area contributed by atoms with Crippen LogP contribution in [-0.2, 0) is 6.54 Å². The van der Waals surface area contributed by atoms with Gasteiger partial charge in [-0.05, 0) is 37.6 Å². The van der Waals surface area contributed by atoms with Gasteiger partial charge in [0.05, 0.1) is 6.10 Å². The first kappa shape index (κ1) is 14.8. The second-order valence-corrected chi connectivity index (χ2v) is 5.61. The number of primary amides is 1. The van der Waals surface area contributed by atoms with Crippen molar-refractivity contribution in [3.05, 3.63) is 29.3 Å². The summed E-state index contributed by atoms with van der Waals surface area (Å²) in [5.74, 6) is -0.473. The van der Waals surface area contributed by atoms with Gasteiger partial charge in [0.15, 0.2) is 0 Å². The van der Waals surface area contributed by atoms with Gasteiger partial charge in [0.2, 0.25) is 5.91 Å². The van der Waals surface area contributed by atoms with E-state index in [4.69, 9.17) is 11.5 Å². The summed E-state index contributed by atoms with van der Waals surface area (Å²) in [5, 5.41) is 10.1. The monoisotopic (exact) mass is 277 g/mol. The molecule has 20 heavy (non-hydrogen) atoms. The van der Waals surface area contributed by atoms with E-state index in [9.17, 15) is 9.90 Å². The summed E-state index contributed by atoms with van der Waals surface area (Å²) < 4.78 is 0. The van der Waals surface area contributed by atoms with Gasteiger partial charge in [-0.2, -0.15) is 0 Å². The summed E-state index contributed by atoms with van der Waals surface area (Å²) in [7, 11) is 2.00. The van der Waals surface area contributed by atoms with Gasteiger partial charge in [-0.15, -0.1) is 0 Å². The van der Waals surface area contributed by atoms with Crippen molar-refractivity contribution < 1.29 is 9.90 Å². The molecule has 0 spiro atoms. The Balaban J connectivity index is 2.07. The second-order valence-electron chi connectivity index (χ2n) is 5.61. The lowest BCUT2D eigenvalue weighted by Crippen LogP contribution is -2.42. The van der Waals surface area contributed by atoms with Crippen molar-refractivity contribution in [3.63, 3.8) is 0 Å². The molecule has 0 bridgehead atoms. The van der Waals surface area contributed by atoms with Gasteiger partial charge >= 0.3 is 0 Å². The maximum atomic E-state index is 11.1. The first-order valence-electron chi connectivity index (χ1n) is 7.05. The van der Waals surface area contributed by atoms with Crippen LogP contribution in [0, 0.1) is 0 Å². The number of amides is 1. The van der Waals surface area contributed by atoms with Gasteiger partial charge in [0.25, 0.3) is 0 Å². The fourth-order valence-corrected chi connectivity index (χ4v) is 2.88. The molecule has 0 heterocycles. The van der Waals surface area contributed by atoms with Crippen molar-refractivity contribution in [2.45, 2.75) is 44.4 Å². The van der Waals surface area contributed by atoms with Gasteiger partial charge in [-0.25, -0.2) is 0 Å². The minimum absolute atomic E-state index is 0.180. The number of nitrogen functional groups attached to an aromatic ring is 1. The summed E-state index contributed by atoms with van der Waals surface area (Å²) in [6, 6.07) is 5.32. The summed E-state index contributed by atoms with van der Waals surface area (Å²) in [6.45, 7) is 0.659. The van der Waals surface area contributed by atoms with E-state index in [0.717, 1.165) is 31.2 Å². The number of carbonyl (C=O) groups excluding carboxylic acids is 1. The quantitative estimate of drug-likeness (QED) is 0.719. The largest absolute Gasteiger partial charge is 0.398 e. The molecule has 0 saturated heterocycles. The zero-order valence-corrected chi connectivity index (χ0v) is 11.9. The smallest absolute Gasteiger partial charge is 0.248 e. The van der Waals surface area contributed by atoms with E-state index in [-0.39, 0.29) is 12.1 Å². The van der Waals surface area contributed by atoms with E-state index >= 15 is 0 Å². The minimum Gasteiger partial charge on any atom is -0.398 e. The number of likely N-dealkylation sites (N-methyl/N-ethyl adjacent to an activating group) is 1. The van der Waals surface area contributed by atoms with Crippen molar-refractivity contribution >= 4 is 11.6 Å². The zero-order chi connectivity index (χ0) is 14.7. The van der Waals surface area contributed by atoms with Gasteiger partial charge in [0, 0.05) is 23.8 Å². The van der Waals surface area contributed by atoms with Crippen molar-refractivity contribution in [3.8, 4) is 0 Å². The summed E-state index contributed by atoms with van der Waals surface area (Å²) in [6.07, 6.45) is 3.87. The van der Waals surface area contributed by atoms with Crippen LogP contribution in [0.3, 0.4) is 0 Å². The van der Waals surface area contributed by atoms with Gasteiger partial charge in [-0.1, -0.05) is 18.9 Å². The van der Waals surface area contributed by atoms with Crippen LogP contribution in [0.5, 0.6) is 0 Å². The molecule has 1 aromatic carbocycles. The molecule has 2 rings (SSSR count). The first-order valence-corrected chi connectivity index (χ1v) is 7.05. The highest BCUT2D eigenvalue weighted by Gasteiger charge is 2.26. The molecule has 2 unspecified atom stereocenters. The highest BCUT2D eigenvalue weighted by molar-refractivity contribution is 5.93. The van der Waals surface area contributed by atoms with Crippen molar-refractivity contribution in [1.82, 2.24) is 4.90 Å². The molecule has 5 N–H and O–H groups in total. The Morgan fingerprint density at radius 2 is 2.10 bits per heavy atom. The highest BCUT2D eigenvalue weighted by Crippen LogP contribution is 2.25. The Hall–Kier alpha value is -1.59. The average molecular weight is 277 g/mol. The number of rotatable bonds is 4. The van der Waals surface area contributed by atoms with Crippen LogP contribution >= 0.6 is 0 Å². The number of aliphatic hydroxyl groups is 1. The number of anilines is 1. The van der Waals surface area contributed by atoms with E-state index in [2.05, 4.69) is 4.90 Å². The maximum absolute atomic E-state index is 11.1. The SMILES string of the molecule is CN(Cc1ccc(C(N)=O)cc1N)C1CCCCC1O. The lowest BCUT2D eigenvalue weighted by Gasteiger charge is -2.35. The Bertz CT molecular complexity index is 490. The van der Waals surface area contributed by atoms with Crippen molar-refractivity contribution in [2.75, 3.05) is 12.8 Å². The standard InChI is InChI=1S/C15H23N3O2/c1-18(13-4-2-3-5-14(13)19)9-11-7-6-10(15(17)20)8-12(11)16/h6-8,13-14,19H,2-5,9,16H2,1H3,(H2,17,20). The average Bonchev–Trinajstić information content (AvgIpc) is 2.41. The number of aliphatic hydroxyl groups excluding tert-OH is 1. The first-order chi connectivity index (χ1) is 9.49. The molecule has 5 nitrogen and oxygen atoms in total. The fraction of sp³-hybridized carbons (Fsp3) is 0.533. The summed E-state index contributed by atoms with van der Waals surface area (Å²) in [4.78, 5) is 13.2. The topological polar surface area (TPSA) is 92.6 Å². The Kier molecular flexibility index (Phi) is 4.62. The lowest BCUT2D eigenvalue weighted by molar-refractivity contribution is 0.0289. The third-order valence-corrected chi connectivity index (χ3v) is 4.11. The molecule has 0 aromatic heterocycles. The molecule has 1 aliphatic rings. The molecule has 110 valence electrons. The normalized spacial score (nSPS) is 22.9. The van der Waals surface area contributed by atoms with E-state index < -0.39 is 5.91 Å². The molecule has 2 atom stereocenters. The number of benzene rings is 1. The van der Waals surface area contributed by atoms with Crippen LogP contribution in [-0.4, -0.2) is 35.1 Å². The van der Waals surface area contributed by atoms with Crippen LogP contribution in [0.2, 0.25) is 0 Å². The van der Waals surface area contributed by atoms with Crippen molar-refractivity contribution in [2.24, 2.45) is 5.73 Å². The highest BCUT2D eigenvalue weighted by atomic mass is 16.3. The molecular formula is C15H23N3O2. The molecule has 1 aromatic rings. The van der Waals surface area contributed by atoms with Gasteiger partial charge in [0.1, 0.15) is 0 Å². The second kappa shape index (κ2) is 6.24. The summed E-state index contributed by atoms with van der Waals surface area (Å²) in [5.41, 5.74) is 13.2. The molecule has 1 saturated carbocycles. The molecular weight excluding hydrogens is 254 g/mol. The molecule has 0 radical (unpaired) electrons. The number of nitrogens with zero attached hydrogens (tertiary/aromatic N) is 1. The maximum Gasteiger partial charge on any atom is 0.248 e. The number of hydrogen-bond acceptors (Lipinski definition) is 4. The van der Waals surface area contributed by atoms with Crippen LogP contribution in [0.15, 0.2) is 18.2 Å². The van der Waals surface area contributed by atoms with Crippen LogP contribution in [0.25, 0.3) is 0 Å². The Morgan fingerprint density at radius 1 is 1.40 bits per heavy atom. The predicted octanol–water partition coefficient (Wildman–Crippen LogP) is 1.10. The minimum atomic E-state index is -0.473. The van der Waals surface area contributed by atoms with Gasteiger partial charge < -0.3 is 16.6 Å². The number of nitrogens with two attached hydrogens (primary N) is 2. The van der Waals surface area contributed by atoms with Crippen molar-refractivity contribution in [1.29, 1.82) is 0 Å². The van der Waals surface area contributed by atoms with Crippen LogP contribution in [0.1, 0.15) is 41.6 Å². The van der Waals surface area contributed by atoms with Crippen LogP contribution < -0.4 is 11.5 Å². The molecule has 5 heteroatoms. The van der Waals surface area contributed by atoms with Gasteiger partial charge in [-0.3, -0.25) is 9.69 Å². The predicted molar refractivity (Wildman–Crippen MR) is 79.1 cm³/mol. The Morgan fingerprint density at radius 3 is 2.70 bits per heavy atom. The molecule has 0 aliphatic heterocycles. The Labute approximate surface area is 119 Å². The number of hydrogen-bond donors (Lipinski definition) is 3. The zero-order valence-electron chi connectivity index (χ0n) is 11.9. The molecule has 1 amide bonds. The third kappa shape index (κ3) is 3.29. The van der Waals surface area contributed by atoms with E-state index in [1.54, 1.807) is 12.1 Å². The van der Waals surface area contributed by atoms with E-state index in [1.165, 1.54) is 0 Å². The lowest BCUT2D eigenvalue weighted by atomic mass is 9.91.